The maximum Gasteiger partial charge on any atom is 0.238 e. The van der Waals surface area contributed by atoms with E-state index in [4.69, 9.17) is 15.0 Å². The summed E-state index contributed by atoms with van der Waals surface area (Å²) in [6.45, 7) is 0. The zero-order chi connectivity index (χ0) is 31.6. The fourth-order valence-corrected chi connectivity index (χ4v) is 8.52. The van der Waals surface area contributed by atoms with E-state index in [0.717, 1.165) is 22.2 Å². The second-order valence-electron chi connectivity index (χ2n) is 12.0. The summed E-state index contributed by atoms with van der Waals surface area (Å²) in [5.41, 5.74) is 6.53. The Kier molecular flexibility index (Phi) is 6.01. The van der Waals surface area contributed by atoms with Crippen molar-refractivity contribution in [2.75, 3.05) is 0 Å². The zero-order valence-electron chi connectivity index (χ0n) is 25.7. The zero-order valence-corrected chi connectivity index (χ0v) is 26.5. The lowest BCUT2D eigenvalue weighted by Gasteiger charge is -2.12. The largest absolute Gasteiger partial charge is 0.277 e. The summed E-state index contributed by atoms with van der Waals surface area (Å²) >= 11 is 1.87. The molecule has 7 aromatic carbocycles. The quantitative estimate of drug-likeness (QED) is 0.194. The smallest absolute Gasteiger partial charge is 0.238 e. The van der Waals surface area contributed by atoms with E-state index in [-0.39, 0.29) is 0 Å². The van der Waals surface area contributed by atoms with Crippen molar-refractivity contribution in [2.45, 2.75) is 0 Å². The summed E-state index contributed by atoms with van der Waals surface area (Å²) in [5, 5.41) is 7.32. The predicted molar refractivity (Wildman–Crippen MR) is 201 cm³/mol. The molecule has 0 N–H and O–H groups in total. The molecule has 0 atom stereocenters. The molecule has 0 radical (unpaired) electrons. The average molecular weight is 631 g/mol. The molecule has 10 aromatic rings. The van der Waals surface area contributed by atoms with Crippen molar-refractivity contribution in [3.05, 3.63) is 158 Å². The first kappa shape index (κ1) is 27.0. The lowest BCUT2D eigenvalue weighted by Crippen LogP contribution is -2.06. The van der Waals surface area contributed by atoms with Gasteiger partial charge in [-0.25, -0.2) is 4.98 Å². The van der Waals surface area contributed by atoms with Crippen LogP contribution in [-0.4, -0.2) is 19.5 Å². The SMILES string of the molecule is c1ccc(-c2nc(-c3ccccc3)nc(-n3c4ccccc4c4c5ccccc5c5sc6c(-c7ccccc7)cccc6c5c43)n2)cc1. The molecular formula is C43H26N4S. The molecule has 5 heteroatoms. The van der Waals surface area contributed by atoms with Gasteiger partial charge in [-0.2, -0.15) is 9.97 Å². The molecule has 0 unspecified atom stereocenters. The summed E-state index contributed by atoms with van der Waals surface area (Å²) in [6.07, 6.45) is 0. The van der Waals surface area contributed by atoms with Crippen LogP contribution in [-0.2, 0) is 0 Å². The third-order valence-electron chi connectivity index (χ3n) is 9.24. The van der Waals surface area contributed by atoms with Crippen molar-refractivity contribution in [1.82, 2.24) is 19.5 Å². The van der Waals surface area contributed by atoms with E-state index in [0.29, 0.717) is 17.6 Å². The minimum atomic E-state index is 0.601. The van der Waals surface area contributed by atoms with Gasteiger partial charge in [-0.15, -0.1) is 11.3 Å². The lowest BCUT2D eigenvalue weighted by molar-refractivity contribution is 0.955. The monoisotopic (exact) mass is 630 g/mol. The van der Waals surface area contributed by atoms with Crippen LogP contribution in [0, 0.1) is 0 Å². The van der Waals surface area contributed by atoms with Crippen LogP contribution < -0.4 is 0 Å². The molecule has 4 nitrogen and oxygen atoms in total. The van der Waals surface area contributed by atoms with Crippen LogP contribution in [0.15, 0.2) is 158 Å². The van der Waals surface area contributed by atoms with Crippen LogP contribution in [0.5, 0.6) is 0 Å². The second-order valence-corrected chi connectivity index (χ2v) is 13.0. The Morgan fingerprint density at radius 2 is 0.938 bits per heavy atom. The fourth-order valence-electron chi connectivity index (χ4n) is 7.14. The highest BCUT2D eigenvalue weighted by Crippen LogP contribution is 2.49. The number of para-hydroxylation sites is 1. The summed E-state index contributed by atoms with van der Waals surface area (Å²) in [6, 6.07) is 55.3. The normalized spacial score (nSPS) is 11.8. The average Bonchev–Trinajstić information content (AvgIpc) is 3.73. The Bertz CT molecular complexity index is 2760. The second kappa shape index (κ2) is 10.7. The molecule has 0 bridgehead atoms. The summed E-state index contributed by atoms with van der Waals surface area (Å²) in [7, 11) is 0. The Balaban J connectivity index is 1.41. The molecule has 3 aromatic heterocycles. The third-order valence-corrected chi connectivity index (χ3v) is 10.5. The van der Waals surface area contributed by atoms with Gasteiger partial charge in [0.1, 0.15) is 0 Å². The molecule has 3 heterocycles. The number of aromatic nitrogens is 4. The molecule has 0 aliphatic carbocycles. The Hall–Kier alpha value is -6.17. The van der Waals surface area contributed by atoms with E-state index in [1.807, 2.05) is 47.7 Å². The molecule has 0 amide bonds. The first-order valence-corrected chi connectivity index (χ1v) is 16.9. The molecule has 0 aliphatic rings. The fraction of sp³-hybridized carbons (Fsp3) is 0. The molecule has 0 spiro atoms. The molecule has 0 saturated carbocycles. The predicted octanol–water partition coefficient (Wildman–Crippen LogP) is 11.5. The molecule has 224 valence electrons. The van der Waals surface area contributed by atoms with Crippen molar-refractivity contribution in [3.63, 3.8) is 0 Å². The summed E-state index contributed by atoms with van der Waals surface area (Å²) in [4.78, 5) is 15.5. The number of hydrogen-bond donors (Lipinski definition) is 0. The minimum absolute atomic E-state index is 0.601. The van der Waals surface area contributed by atoms with E-state index in [2.05, 4.69) is 126 Å². The van der Waals surface area contributed by atoms with E-state index in [1.165, 1.54) is 52.8 Å². The van der Waals surface area contributed by atoms with Crippen molar-refractivity contribution >= 4 is 64.1 Å². The summed E-state index contributed by atoms with van der Waals surface area (Å²) < 4.78 is 4.82. The maximum absolute atomic E-state index is 5.23. The Morgan fingerprint density at radius 1 is 0.396 bits per heavy atom. The van der Waals surface area contributed by atoms with Gasteiger partial charge < -0.3 is 0 Å². The van der Waals surface area contributed by atoms with Crippen molar-refractivity contribution in [1.29, 1.82) is 0 Å². The van der Waals surface area contributed by atoms with Crippen LogP contribution in [0.3, 0.4) is 0 Å². The highest BCUT2D eigenvalue weighted by atomic mass is 32.1. The van der Waals surface area contributed by atoms with Gasteiger partial charge >= 0.3 is 0 Å². The number of hydrogen-bond acceptors (Lipinski definition) is 4. The van der Waals surface area contributed by atoms with Gasteiger partial charge in [-0.1, -0.05) is 152 Å². The van der Waals surface area contributed by atoms with Gasteiger partial charge in [0.2, 0.25) is 5.95 Å². The van der Waals surface area contributed by atoms with E-state index < -0.39 is 0 Å². The van der Waals surface area contributed by atoms with Gasteiger partial charge in [-0.05, 0) is 22.6 Å². The number of rotatable bonds is 4. The number of fused-ring (bicyclic) bond motifs is 10. The lowest BCUT2D eigenvalue weighted by atomic mass is 9.98. The van der Waals surface area contributed by atoms with Gasteiger partial charge in [0.15, 0.2) is 11.6 Å². The molecule has 0 fully saturated rings. The van der Waals surface area contributed by atoms with Crippen LogP contribution in [0.4, 0.5) is 0 Å². The molecule has 0 saturated heterocycles. The van der Waals surface area contributed by atoms with E-state index >= 15 is 0 Å². The van der Waals surface area contributed by atoms with E-state index in [1.54, 1.807) is 0 Å². The van der Waals surface area contributed by atoms with E-state index in [9.17, 15) is 0 Å². The number of nitrogens with zero attached hydrogens (tertiary/aromatic N) is 4. The number of benzene rings is 7. The topological polar surface area (TPSA) is 43.6 Å². The van der Waals surface area contributed by atoms with Crippen molar-refractivity contribution in [2.24, 2.45) is 0 Å². The van der Waals surface area contributed by atoms with Crippen LogP contribution >= 0.6 is 11.3 Å². The van der Waals surface area contributed by atoms with Crippen molar-refractivity contribution < 1.29 is 0 Å². The highest BCUT2D eigenvalue weighted by molar-refractivity contribution is 7.27. The Labute approximate surface area is 280 Å². The third kappa shape index (κ3) is 4.05. The first-order valence-electron chi connectivity index (χ1n) is 16.1. The van der Waals surface area contributed by atoms with Gasteiger partial charge in [-0.3, -0.25) is 4.57 Å². The van der Waals surface area contributed by atoms with Crippen molar-refractivity contribution in [3.8, 4) is 39.9 Å². The van der Waals surface area contributed by atoms with Gasteiger partial charge in [0.25, 0.3) is 0 Å². The van der Waals surface area contributed by atoms with Gasteiger partial charge in [0, 0.05) is 47.5 Å². The standard InChI is InChI=1S/C43H26N4S/c1-4-15-27(16-5-1)30-24-14-25-34-37-38-36(31-21-10-11-22-32(31)40(37)48-39(30)34)33-23-12-13-26-35(33)47(38)43-45-41(28-17-6-2-7-18-28)44-42(46-43)29-19-8-3-9-20-29/h1-26H. The summed E-state index contributed by atoms with van der Waals surface area (Å²) in [5.74, 6) is 1.89. The maximum atomic E-state index is 5.23. The Morgan fingerprint density at radius 3 is 1.60 bits per heavy atom. The first-order chi connectivity index (χ1) is 23.8. The van der Waals surface area contributed by atoms with Gasteiger partial charge in [0.05, 0.1) is 11.0 Å². The molecule has 10 rings (SSSR count). The van der Waals surface area contributed by atoms with Crippen LogP contribution in [0.1, 0.15) is 0 Å². The molecule has 0 aliphatic heterocycles. The highest BCUT2D eigenvalue weighted by Gasteiger charge is 2.24. The molecular weight excluding hydrogens is 605 g/mol. The number of thiophene rings is 1. The minimum Gasteiger partial charge on any atom is -0.277 e. The van der Waals surface area contributed by atoms with Crippen LogP contribution in [0.25, 0.3) is 92.6 Å². The molecule has 48 heavy (non-hydrogen) atoms. The van der Waals surface area contributed by atoms with Crippen LogP contribution in [0.2, 0.25) is 0 Å².